The summed E-state index contributed by atoms with van der Waals surface area (Å²) in [5, 5.41) is 12.7. The number of ether oxygens (including phenoxy) is 3. The van der Waals surface area contributed by atoms with Gasteiger partial charge in [-0.25, -0.2) is 0 Å². The van der Waals surface area contributed by atoms with E-state index in [1.54, 1.807) is 18.2 Å². The molecule has 2 fully saturated rings. The number of hydrogen-bond donors (Lipinski definition) is 2. The Balaban J connectivity index is 1.31. The van der Waals surface area contributed by atoms with Crippen molar-refractivity contribution in [2.24, 2.45) is 0 Å². The van der Waals surface area contributed by atoms with Gasteiger partial charge < -0.3 is 29.5 Å². The number of carbonyl (C=O) groups is 2. The summed E-state index contributed by atoms with van der Waals surface area (Å²) in [6, 6.07) is 4.73. The highest BCUT2D eigenvalue weighted by Crippen LogP contribution is 2.32. The molecule has 0 saturated carbocycles. The zero-order chi connectivity index (χ0) is 20.2. The monoisotopic (exact) mass is 404 g/mol. The van der Waals surface area contributed by atoms with E-state index in [0.717, 1.165) is 25.9 Å². The summed E-state index contributed by atoms with van der Waals surface area (Å²) in [7, 11) is 0. The molecule has 1 aromatic carbocycles. The van der Waals surface area contributed by atoms with Crippen LogP contribution >= 0.6 is 0 Å². The molecular weight excluding hydrogens is 376 g/mol. The fourth-order valence-corrected chi connectivity index (χ4v) is 4.20. The molecule has 29 heavy (non-hydrogen) atoms. The van der Waals surface area contributed by atoms with E-state index < -0.39 is 6.10 Å². The second-order valence-corrected chi connectivity index (χ2v) is 7.85. The fraction of sp³-hybridized carbons (Fsp3) is 0.619. The largest absolute Gasteiger partial charge is 0.454 e. The number of likely N-dealkylation sites (tertiary alicyclic amines) is 1. The minimum atomic E-state index is -0.527. The molecule has 0 spiro atoms. The van der Waals surface area contributed by atoms with Crippen molar-refractivity contribution >= 4 is 11.8 Å². The van der Waals surface area contributed by atoms with E-state index in [4.69, 9.17) is 14.2 Å². The molecule has 8 nitrogen and oxygen atoms in total. The van der Waals surface area contributed by atoms with Crippen LogP contribution in [0.3, 0.4) is 0 Å². The van der Waals surface area contributed by atoms with E-state index in [-0.39, 0.29) is 37.4 Å². The van der Waals surface area contributed by atoms with Crippen molar-refractivity contribution in [2.45, 2.75) is 56.8 Å². The lowest BCUT2D eigenvalue weighted by Gasteiger charge is -2.37. The number of hydrogen-bond acceptors (Lipinski definition) is 6. The van der Waals surface area contributed by atoms with Gasteiger partial charge in [-0.3, -0.25) is 9.59 Å². The van der Waals surface area contributed by atoms with Crippen molar-refractivity contribution in [2.75, 3.05) is 26.5 Å². The van der Waals surface area contributed by atoms with Crippen molar-refractivity contribution in [1.29, 1.82) is 0 Å². The van der Waals surface area contributed by atoms with Crippen LogP contribution in [0.15, 0.2) is 18.2 Å². The van der Waals surface area contributed by atoms with Gasteiger partial charge >= 0.3 is 0 Å². The number of aliphatic hydroxyl groups excluding tert-OH is 1. The van der Waals surface area contributed by atoms with Crippen LogP contribution < -0.4 is 14.8 Å². The number of carbonyl (C=O) groups excluding carboxylic acids is 2. The molecule has 0 radical (unpaired) electrons. The molecule has 1 aromatic rings. The van der Waals surface area contributed by atoms with Crippen molar-refractivity contribution in [1.82, 2.24) is 10.2 Å². The molecule has 3 aliphatic heterocycles. The van der Waals surface area contributed by atoms with E-state index in [2.05, 4.69) is 5.32 Å². The predicted molar refractivity (Wildman–Crippen MR) is 104 cm³/mol. The van der Waals surface area contributed by atoms with Gasteiger partial charge in [0.25, 0.3) is 5.91 Å². The molecule has 158 valence electrons. The van der Waals surface area contributed by atoms with E-state index in [9.17, 15) is 14.7 Å². The molecule has 0 aliphatic carbocycles. The van der Waals surface area contributed by atoms with Crippen LogP contribution in [-0.2, 0) is 9.53 Å². The normalized spacial score (nSPS) is 26.2. The summed E-state index contributed by atoms with van der Waals surface area (Å²) in [6.45, 7) is 1.59. The molecule has 2 amide bonds. The second-order valence-electron chi connectivity index (χ2n) is 7.85. The number of nitrogens with one attached hydrogen (secondary N) is 1. The lowest BCUT2D eigenvalue weighted by molar-refractivity contribution is -0.141. The Morgan fingerprint density at radius 3 is 2.69 bits per heavy atom. The third-order valence-electron chi connectivity index (χ3n) is 5.86. The number of nitrogens with zero attached hydrogens (tertiary/aromatic N) is 1. The zero-order valence-electron chi connectivity index (χ0n) is 16.5. The fourth-order valence-electron chi connectivity index (χ4n) is 4.20. The third-order valence-corrected chi connectivity index (χ3v) is 5.86. The summed E-state index contributed by atoms with van der Waals surface area (Å²) in [5.41, 5.74) is 0.466. The molecule has 8 heteroatoms. The number of amides is 2. The highest BCUT2D eigenvalue weighted by Gasteiger charge is 2.34. The van der Waals surface area contributed by atoms with Crippen LogP contribution in [0.5, 0.6) is 11.5 Å². The predicted octanol–water partition coefficient (Wildman–Crippen LogP) is 1.46. The van der Waals surface area contributed by atoms with Crippen molar-refractivity contribution in [3.63, 3.8) is 0 Å². The SMILES string of the molecule is O=C(N[C@@H]1CC[C@H](CC(=O)N2CCCCC2)O[C@@H]1CO)c1ccc2c(c1)OCO2. The number of fused-ring (bicyclic) bond motifs is 1. The van der Waals surface area contributed by atoms with Gasteiger partial charge in [0, 0.05) is 18.7 Å². The Bertz CT molecular complexity index is 749. The summed E-state index contributed by atoms with van der Waals surface area (Å²) in [5.74, 6) is 1.04. The topological polar surface area (TPSA) is 97.3 Å². The van der Waals surface area contributed by atoms with Crippen LogP contribution in [0.1, 0.15) is 48.9 Å². The van der Waals surface area contributed by atoms with E-state index in [1.807, 2.05) is 4.90 Å². The molecular formula is C21H28N2O6. The minimum Gasteiger partial charge on any atom is -0.454 e. The summed E-state index contributed by atoms with van der Waals surface area (Å²) >= 11 is 0. The van der Waals surface area contributed by atoms with Gasteiger partial charge in [-0.2, -0.15) is 0 Å². The number of aliphatic hydroxyl groups is 1. The number of benzene rings is 1. The molecule has 3 heterocycles. The zero-order valence-corrected chi connectivity index (χ0v) is 16.5. The maximum Gasteiger partial charge on any atom is 0.251 e. The Labute approximate surface area is 170 Å². The lowest BCUT2D eigenvalue weighted by atomic mass is 9.96. The molecule has 2 saturated heterocycles. The highest BCUT2D eigenvalue weighted by molar-refractivity contribution is 5.95. The quantitative estimate of drug-likeness (QED) is 0.771. The molecule has 3 atom stereocenters. The van der Waals surface area contributed by atoms with Crippen molar-refractivity contribution in [3.8, 4) is 11.5 Å². The first kappa shape index (κ1) is 20.0. The van der Waals surface area contributed by atoms with Crippen LogP contribution in [0.25, 0.3) is 0 Å². The van der Waals surface area contributed by atoms with Gasteiger partial charge in [0.05, 0.1) is 25.2 Å². The molecule has 0 bridgehead atoms. The van der Waals surface area contributed by atoms with Gasteiger partial charge in [-0.1, -0.05) is 0 Å². The van der Waals surface area contributed by atoms with E-state index in [0.29, 0.717) is 36.3 Å². The first-order valence-electron chi connectivity index (χ1n) is 10.4. The Hall–Kier alpha value is -2.32. The highest BCUT2D eigenvalue weighted by atomic mass is 16.7. The van der Waals surface area contributed by atoms with Gasteiger partial charge in [0.1, 0.15) is 6.10 Å². The minimum absolute atomic E-state index is 0.120. The second kappa shape index (κ2) is 9.00. The average Bonchev–Trinajstić information content (AvgIpc) is 3.23. The Morgan fingerprint density at radius 1 is 1.10 bits per heavy atom. The standard InChI is InChI=1S/C21H28N2O6/c24-12-19-16(22-21(26)14-4-7-17-18(10-14)28-13-27-17)6-5-15(29-19)11-20(25)23-8-2-1-3-9-23/h4,7,10,15-16,19,24H,1-3,5-6,8-9,11-13H2,(H,22,26)/t15-,16-,19-/m1/s1. The van der Waals surface area contributed by atoms with Gasteiger partial charge in [0.15, 0.2) is 11.5 Å². The number of rotatable bonds is 5. The van der Waals surface area contributed by atoms with Gasteiger partial charge in [-0.05, 0) is 50.3 Å². The molecule has 2 N–H and O–H groups in total. The summed E-state index contributed by atoms with van der Waals surface area (Å²) in [4.78, 5) is 27.0. The maximum atomic E-state index is 12.6. The lowest BCUT2D eigenvalue weighted by Crippen LogP contribution is -2.51. The van der Waals surface area contributed by atoms with Crippen molar-refractivity contribution < 1.29 is 28.9 Å². The Kier molecular flexibility index (Phi) is 6.20. The van der Waals surface area contributed by atoms with Gasteiger partial charge in [0.2, 0.25) is 12.7 Å². The molecule has 0 aromatic heterocycles. The van der Waals surface area contributed by atoms with Crippen LogP contribution in [0.2, 0.25) is 0 Å². The maximum absolute atomic E-state index is 12.6. The van der Waals surface area contributed by atoms with Crippen LogP contribution in [-0.4, -0.2) is 66.6 Å². The van der Waals surface area contributed by atoms with Crippen molar-refractivity contribution in [3.05, 3.63) is 23.8 Å². The summed E-state index contributed by atoms with van der Waals surface area (Å²) < 4.78 is 16.6. The van der Waals surface area contributed by atoms with Crippen LogP contribution in [0, 0.1) is 0 Å². The molecule has 0 unspecified atom stereocenters. The first-order valence-corrected chi connectivity index (χ1v) is 10.4. The number of piperidine rings is 1. The first-order chi connectivity index (χ1) is 14.1. The van der Waals surface area contributed by atoms with Crippen LogP contribution in [0.4, 0.5) is 0 Å². The average molecular weight is 404 g/mol. The van der Waals surface area contributed by atoms with E-state index >= 15 is 0 Å². The Morgan fingerprint density at radius 2 is 1.90 bits per heavy atom. The summed E-state index contributed by atoms with van der Waals surface area (Å²) in [6.07, 6.45) is 4.21. The third kappa shape index (κ3) is 4.64. The van der Waals surface area contributed by atoms with E-state index in [1.165, 1.54) is 6.42 Å². The van der Waals surface area contributed by atoms with Gasteiger partial charge in [-0.15, -0.1) is 0 Å². The smallest absolute Gasteiger partial charge is 0.251 e. The molecule has 4 rings (SSSR count). The molecule has 3 aliphatic rings.